The van der Waals surface area contributed by atoms with Crippen LogP contribution in [0.1, 0.15) is 5.56 Å². The van der Waals surface area contributed by atoms with Gasteiger partial charge in [-0.2, -0.15) is 13.2 Å². The maximum absolute atomic E-state index is 14.1. The number of hydrogen-bond acceptors (Lipinski definition) is 4. The molecule has 0 saturated heterocycles. The molecule has 1 heterocycles. The highest BCUT2D eigenvalue weighted by Crippen LogP contribution is 2.39. The predicted octanol–water partition coefficient (Wildman–Crippen LogP) is 2.26. The van der Waals surface area contributed by atoms with Gasteiger partial charge in [-0.3, -0.25) is 14.5 Å². The summed E-state index contributed by atoms with van der Waals surface area (Å²) in [7, 11) is 0. The number of rotatable bonds is 4. The molecule has 0 fully saturated rings. The Bertz CT molecular complexity index is 703. The van der Waals surface area contributed by atoms with Gasteiger partial charge in [0.2, 0.25) is 0 Å². The molecule has 0 aliphatic carbocycles. The molecule has 1 aliphatic heterocycles. The van der Waals surface area contributed by atoms with Crippen molar-refractivity contribution in [1.82, 2.24) is 4.90 Å². The van der Waals surface area contributed by atoms with Gasteiger partial charge < -0.3 is 10.4 Å². The van der Waals surface area contributed by atoms with Crippen molar-refractivity contribution in [3.8, 4) is 0 Å². The lowest BCUT2D eigenvalue weighted by Crippen LogP contribution is -2.34. The number of imide groups is 1. The fraction of sp³-hybridized carbons (Fsp3) is 0.231. The van der Waals surface area contributed by atoms with Crippen molar-refractivity contribution in [1.29, 1.82) is 0 Å². The van der Waals surface area contributed by atoms with Crippen molar-refractivity contribution in [2.24, 2.45) is 0 Å². The van der Waals surface area contributed by atoms with Gasteiger partial charge in [-0.15, -0.1) is 0 Å². The summed E-state index contributed by atoms with van der Waals surface area (Å²) in [4.78, 5) is 24.1. The fourth-order valence-corrected chi connectivity index (χ4v) is 2.49. The van der Waals surface area contributed by atoms with Crippen LogP contribution in [0.3, 0.4) is 0 Å². The molecule has 2 N–H and O–H groups in total. The number of aliphatic hydroxyl groups is 1. The number of anilines is 1. The highest BCUT2D eigenvalue weighted by molar-refractivity contribution is 9.10. The van der Waals surface area contributed by atoms with E-state index in [1.54, 1.807) is 0 Å². The second-order valence-corrected chi connectivity index (χ2v) is 5.34. The minimum atomic E-state index is -4.94. The molecule has 2 rings (SSSR count). The predicted molar refractivity (Wildman–Crippen MR) is 74.6 cm³/mol. The lowest BCUT2D eigenvalue weighted by molar-refractivity contribution is -0.140. The van der Waals surface area contributed by atoms with Gasteiger partial charge >= 0.3 is 6.18 Å². The van der Waals surface area contributed by atoms with Crippen LogP contribution in [0, 0.1) is 5.82 Å². The van der Waals surface area contributed by atoms with Crippen LogP contribution in [-0.2, 0) is 15.8 Å². The first-order valence-electron chi connectivity index (χ1n) is 6.17. The van der Waals surface area contributed by atoms with Gasteiger partial charge in [0.25, 0.3) is 11.8 Å². The Morgan fingerprint density at radius 1 is 1.26 bits per heavy atom. The molecule has 5 nitrogen and oxygen atoms in total. The summed E-state index contributed by atoms with van der Waals surface area (Å²) in [5.74, 6) is -3.21. The zero-order valence-electron chi connectivity index (χ0n) is 11.2. The number of aliphatic hydroxyl groups excluding tert-OH is 1. The van der Waals surface area contributed by atoms with Crippen molar-refractivity contribution in [2.45, 2.75) is 6.18 Å². The van der Waals surface area contributed by atoms with Crippen LogP contribution >= 0.6 is 15.9 Å². The summed E-state index contributed by atoms with van der Waals surface area (Å²) in [6.07, 6.45) is -4.11. The summed E-state index contributed by atoms with van der Waals surface area (Å²) in [6.45, 7) is -0.737. The number of nitrogens with zero attached hydrogens (tertiary/aromatic N) is 1. The molecule has 1 aromatic carbocycles. The van der Waals surface area contributed by atoms with E-state index in [1.807, 2.05) is 0 Å². The lowest BCUT2D eigenvalue weighted by Gasteiger charge is -2.16. The maximum atomic E-state index is 14.1. The lowest BCUT2D eigenvalue weighted by atomic mass is 10.1. The molecule has 0 atom stereocenters. The van der Waals surface area contributed by atoms with Crippen molar-refractivity contribution < 1.29 is 32.3 Å². The van der Waals surface area contributed by atoms with Crippen molar-refractivity contribution in [3.63, 3.8) is 0 Å². The fourth-order valence-electron chi connectivity index (χ4n) is 1.96. The van der Waals surface area contributed by atoms with E-state index in [9.17, 15) is 27.2 Å². The van der Waals surface area contributed by atoms with Gasteiger partial charge in [0.05, 0.1) is 18.8 Å². The number of halogens is 5. The largest absolute Gasteiger partial charge is 0.420 e. The Balaban J connectivity index is 2.34. The number of nitrogens with one attached hydrogen (secondary N) is 1. The third kappa shape index (κ3) is 3.37. The number of amides is 2. The van der Waals surface area contributed by atoms with E-state index in [1.165, 1.54) is 0 Å². The van der Waals surface area contributed by atoms with Crippen LogP contribution < -0.4 is 5.32 Å². The van der Waals surface area contributed by atoms with E-state index >= 15 is 0 Å². The Morgan fingerprint density at radius 2 is 1.91 bits per heavy atom. The Morgan fingerprint density at radius 3 is 2.48 bits per heavy atom. The van der Waals surface area contributed by atoms with Gasteiger partial charge in [0.1, 0.15) is 11.3 Å². The van der Waals surface area contributed by atoms with E-state index in [2.05, 4.69) is 21.2 Å². The number of benzene rings is 1. The molecular weight excluding hydrogens is 388 g/mol. The molecule has 0 spiro atoms. The molecule has 124 valence electrons. The normalized spacial score (nSPS) is 15.2. The molecular formula is C13H9BrF4N2O3. The summed E-state index contributed by atoms with van der Waals surface area (Å²) in [5, 5.41) is 10.9. The maximum Gasteiger partial charge on any atom is 0.420 e. The van der Waals surface area contributed by atoms with E-state index in [0.717, 1.165) is 18.2 Å². The molecule has 23 heavy (non-hydrogen) atoms. The van der Waals surface area contributed by atoms with Gasteiger partial charge in [0.15, 0.2) is 5.82 Å². The number of carbonyl (C=O) groups excluding carboxylic acids is 2. The SMILES string of the molecule is O=C1C=C(Nc2ccc(Br)c(C(F)(F)F)c2F)C(=O)N1CCO. The zero-order valence-corrected chi connectivity index (χ0v) is 12.8. The minimum absolute atomic E-state index is 0.268. The quantitative estimate of drug-likeness (QED) is 0.604. The highest BCUT2D eigenvalue weighted by Gasteiger charge is 2.38. The summed E-state index contributed by atoms with van der Waals surface area (Å²) in [5.41, 5.74) is -2.50. The number of carbonyl (C=O) groups is 2. The van der Waals surface area contributed by atoms with Crippen LogP contribution in [0.25, 0.3) is 0 Å². The second-order valence-electron chi connectivity index (χ2n) is 4.48. The topological polar surface area (TPSA) is 69.6 Å². The molecule has 0 unspecified atom stereocenters. The first-order valence-corrected chi connectivity index (χ1v) is 6.96. The summed E-state index contributed by atoms with van der Waals surface area (Å²) in [6, 6.07) is 1.98. The van der Waals surface area contributed by atoms with E-state index in [-0.39, 0.29) is 12.2 Å². The van der Waals surface area contributed by atoms with Crippen molar-refractivity contribution >= 4 is 33.4 Å². The van der Waals surface area contributed by atoms with Gasteiger partial charge in [-0.05, 0) is 12.1 Å². The number of β-amino-alcohol motifs (C(OH)–C–C–N with tert-alkyl or cyclic N) is 1. The van der Waals surface area contributed by atoms with Crippen LogP contribution in [0.2, 0.25) is 0 Å². The standard InChI is InChI=1S/C13H9BrF4N2O3/c14-6-1-2-7(11(15)10(6)13(16,17)18)19-8-5-9(22)20(3-4-21)12(8)23/h1-2,5,19,21H,3-4H2. The third-order valence-electron chi connectivity index (χ3n) is 2.98. The van der Waals surface area contributed by atoms with E-state index in [4.69, 9.17) is 5.11 Å². The van der Waals surface area contributed by atoms with E-state index < -0.39 is 46.1 Å². The summed E-state index contributed by atoms with van der Waals surface area (Å²) >= 11 is 2.62. The van der Waals surface area contributed by atoms with Crippen LogP contribution in [0.4, 0.5) is 23.2 Å². The van der Waals surface area contributed by atoms with Crippen molar-refractivity contribution in [3.05, 3.63) is 39.8 Å². The van der Waals surface area contributed by atoms with Gasteiger partial charge in [-0.1, -0.05) is 15.9 Å². The molecule has 1 aromatic rings. The molecule has 0 bridgehead atoms. The van der Waals surface area contributed by atoms with Crippen molar-refractivity contribution in [2.75, 3.05) is 18.5 Å². The van der Waals surface area contributed by atoms with Crippen LogP contribution in [0.15, 0.2) is 28.4 Å². The second kappa shape index (κ2) is 6.28. The van der Waals surface area contributed by atoms with Gasteiger partial charge in [-0.25, -0.2) is 4.39 Å². The van der Waals surface area contributed by atoms with Crippen LogP contribution in [0.5, 0.6) is 0 Å². The highest BCUT2D eigenvalue weighted by atomic mass is 79.9. The number of alkyl halides is 3. The average molecular weight is 397 g/mol. The molecule has 1 aliphatic rings. The monoisotopic (exact) mass is 396 g/mol. The number of hydrogen-bond donors (Lipinski definition) is 2. The Hall–Kier alpha value is -1.94. The Kier molecular flexibility index (Phi) is 4.76. The molecule has 0 saturated carbocycles. The first kappa shape index (κ1) is 17.4. The molecule has 10 heteroatoms. The van der Waals surface area contributed by atoms with Gasteiger partial charge in [0, 0.05) is 10.5 Å². The average Bonchev–Trinajstić information content (AvgIpc) is 2.69. The molecule has 2 amide bonds. The third-order valence-corrected chi connectivity index (χ3v) is 3.64. The smallest absolute Gasteiger partial charge is 0.395 e. The summed E-state index contributed by atoms with van der Waals surface area (Å²) < 4.78 is 52.1. The van der Waals surface area contributed by atoms with Crippen LogP contribution in [-0.4, -0.2) is 35.0 Å². The van der Waals surface area contributed by atoms with E-state index in [0.29, 0.717) is 4.90 Å². The zero-order chi connectivity index (χ0) is 17.4. The molecule has 0 aromatic heterocycles. The first-order chi connectivity index (χ1) is 10.7. The minimum Gasteiger partial charge on any atom is -0.395 e. The Labute approximate surface area is 135 Å². The molecule has 0 radical (unpaired) electrons.